The fourth-order valence-electron chi connectivity index (χ4n) is 3.54. The highest BCUT2D eigenvalue weighted by Crippen LogP contribution is 2.44. The molecular formula is C20H16F2N2O4. The third-order valence-electron chi connectivity index (χ3n) is 4.95. The van der Waals surface area contributed by atoms with E-state index in [1.165, 1.54) is 18.2 Å². The number of fused-ring (bicyclic) bond motifs is 1. The monoisotopic (exact) mass is 386 g/mol. The van der Waals surface area contributed by atoms with Gasteiger partial charge >= 0.3 is 6.16 Å². The summed E-state index contributed by atoms with van der Waals surface area (Å²) in [6.45, 7) is 1.64. The number of nitrogens with zero attached hydrogens (tertiary/aromatic N) is 1. The highest BCUT2D eigenvalue weighted by molar-refractivity contribution is 5.79. The SMILES string of the molecule is Cc1c(-c2ccc(N)c(F)c2)c(F)cn2c(=O)c(OC(=O)O)cc(C3CC3)c12. The number of halogens is 2. The van der Waals surface area contributed by atoms with E-state index in [2.05, 4.69) is 4.74 Å². The second-order valence-electron chi connectivity index (χ2n) is 6.84. The predicted molar refractivity (Wildman–Crippen MR) is 98.8 cm³/mol. The standard InChI is InChI=1S/C20H16F2N2O4/c1-9-17(11-4-5-15(23)13(21)6-11)14(22)8-24-18(9)12(10-2-3-10)7-16(19(24)25)28-20(26)27/h4-8,10H,2-3,23H2,1H3,(H,26,27). The van der Waals surface area contributed by atoms with Gasteiger partial charge in [0.05, 0.1) is 11.2 Å². The summed E-state index contributed by atoms with van der Waals surface area (Å²) >= 11 is 0. The number of nitrogen functional groups attached to an aromatic ring is 1. The van der Waals surface area contributed by atoms with E-state index in [0.717, 1.165) is 29.5 Å². The first-order valence-corrected chi connectivity index (χ1v) is 8.62. The van der Waals surface area contributed by atoms with Gasteiger partial charge in [-0.2, -0.15) is 0 Å². The van der Waals surface area contributed by atoms with Gasteiger partial charge in [0.1, 0.15) is 11.6 Å². The molecule has 0 bridgehead atoms. The molecule has 6 nitrogen and oxygen atoms in total. The van der Waals surface area contributed by atoms with Crippen LogP contribution in [0.3, 0.4) is 0 Å². The predicted octanol–water partition coefficient (Wildman–Crippen LogP) is 4.07. The fraction of sp³-hybridized carbons (Fsp3) is 0.200. The Kier molecular flexibility index (Phi) is 4.06. The number of carboxylic acid groups (broad SMARTS) is 1. The molecule has 2 aromatic heterocycles. The molecule has 0 unspecified atom stereocenters. The van der Waals surface area contributed by atoms with Crippen LogP contribution >= 0.6 is 0 Å². The first-order valence-electron chi connectivity index (χ1n) is 8.62. The van der Waals surface area contributed by atoms with E-state index in [0.29, 0.717) is 22.2 Å². The zero-order chi connectivity index (χ0) is 20.2. The average molecular weight is 386 g/mol. The van der Waals surface area contributed by atoms with Crippen molar-refractivity contribution >= 4 is 17.4 Å². The van der Waals surface area contributed by atoms with Gasteiger partial charge in [0.15, 0.2) is 5.75 Å². The van der Waals surface area contributed by atoms with Gasteiger partial charge in [0, 0.05) is 11.8 Å². The molecule has 0 radical (unpaired) electrons. The van der Waals surface area contributed by atoms with Gasteiger partial charge in [-0.1, -0.05) is 6.07 Å². The maximum absolute atomic E-state index is 15.0. The van der Waals surface area contributed by atoms with E-state index >= 15 is 0 Å². The summed E-state index contributed by atoms with van der Waals surface area (Å²) in [4.78, 5) is 23.5. The lowest BCUT2D eigenvalue weighted by Crippen LogP contribution is -2.21. The minimum Gasteiger partial charge on any atom is -0.449 e. The highest BCUT2D eigenvalue weighted by atomic mass is 19.1. The number of pyridine rings is 2. The second kappa shape index (κ2) is 6.33. The minimum atomic E-state index is -1.62. The third kappa shape index (κ3) is 2.87. The number of nitrogens with two attached hydrogens (primary N) is 1. The van der Waals surface area contributed by atoms with Crippen molar-refractivity contribution in [1.29, 1.82) is 0 Å². The zero-order valence-corrected chi connectivity index (χ0v) is 14.8. The lowest BCUT2D eigenvalue weighted by Gasteiger charge is -2.17. The summed E-state index contributed by atoms with van der Waals surface area (Å²) in [7, 11) is 0. The summed E-state index contributed by atoms with van der Waals surface area (Å²) < 4.78 is 34.5. The molecule has 28 heavy (non-hydrogen) atoms. The van der Waals surface area contributed by atoms with Crippen LogP contribution in [0.5, 0.6) is 5.75 Å². The number of benzene rings is 1. The van der Waals surface area contributed by atoms with Crippen LogP contribution in [-0.2, 0) is 0 Å². The molecule has 2 heterocycles. The Morgan fingerprint density at radius 2 is 1.96 bits per heavy atom. The Morgan fingerprint density at radius 3 is 2.57 bits per heavy atom. The number of hydrogen-bond acceptors (Lipinski definition) is 4. The molecule has 1 aliphatic rings. The topological polar surface area (TPSA) is 94.0 Å². The maximum Gasteiger partial charge on any atom is 0.511 e. The summed E-state index contributed by atoms with van der Waals surface area (Å²) in [5.74, 6) is -1.67. The average Bonchev–Trinajstić information content (AvgIpc) is 3.45. The van der Waals surface area contributed by atoms with Crippen LogP contribution in [0.2, 0.25) is 0 Å². The molecule has 1 aromatic carbocycles. The molecule has 8 heteroatoms. The number of hydrogen-bond donors (Lipinski definition) is 2. The molecule has 0 saturated heterocycles. The lowest BCUT2D eigenvalue weighted by molar-refractivity contribution is 0.143. The number of aromatic nitrogens is 1. The van der Waals surface area contributed by atoms with Crippen molar-refractivity contribution in [2.75, 3.05) is 5.73 Å². The molecule has 1 fully saturated rings. The summed E-state index contributed by atoms with van der Waals surface area (Å²) in [5, 5.41) is 8.87. The van der Waals surface area contributed by atoms with E-state index in [4.69, 9.17) is 10.8 Å². The van der Waals surface area contributed by atoms with Crippen LogP contribution in [-0.4, -0.2) is 15.7 Å². The highest BCUT2D eigenvalue weighted by Gasteiger charge is 2.30. The first-order chi connectivity index (χ1) is 13.3. The van der Waals surface area contributed by atoms with Gasteiger partial charge in [-0.05, 0) is 60.6 Å². The smallest absolute Gasteiger partial charge is 0.449 e. The van der Waals surface area contributed by atoms with E-state index in [1.54, 1.807) is 6.92 Å². The summed E-state index contributed by atoms with van der Waals surface area (Å²) in [5.41, 5.74) is 6.75. The number of anilines is 1. The van der Waals surface area contributed by atoms with Crippen molar-refractivity contribution in [2.24, 2.45) is 0 Å². The Hall–Kier alpha value is -3.42. The van der Waals surface area contributed by atoms with Gasteiger partial charge in [-0.15, -0.1) is 0 Å². The van der Waals surface area contributed by atoms with Crippen molar-refractivity contribution in [2.45, 2.75) is 25.7 Å². The van der Waals surface area contributed by atoms with Crippen molar-refractivity contribution in [3.05, 3.63) is 63.6 Å². The molecule has 3 N–H and O–H groups in total. The van der Waals surface area contributed by atoms with Crippen molar-refractivity contribution in [3.8, 4) is 16.9 Å². The molecule has 1 saturated carbocycles. The second-order valence-corrected chi connectivity index (χ2v) is 6.84. The van der Waals surface area contributed by atoms with E-state index < -0.39 is 23.3 Å². The number of ether oxygens (including phenoxy) is 1. The minimum absolute atomic E-state index is 0.0482. The van der Waals surface area contributed by atoms with Gasteiger partial charge in [-0.3, -0.25) is 9.20 Å². The van der Waals surface area contributed by atoms with Gasteiger partial charge in [-0.25, -0.2) is 13.6 Å². The van der Waals surface area contributed by atoms with Crippen molar-refractivity contribution in [3.63, 3.8) is 0 Å². The van der Waals surface area contributed by atoms with E-state index in [1.807, 2.05) is 0 Å². The Bertz CT molecular complexity index is 1200. The van der Waals surface area contributed by atoms with Crippen LogP contribution in [0.15, 0.2) is 35.3 Å². The van der Waals surface area contributed by atoms with Gasteiger partial charge in [0.2, 0.25) is 0 Å². The van der Waals surface area contributed by atoms with Crippen LogP contribution in [0.1, 0.15) is 29.9 Å². The normalized spacial score (nSPS) is 13.7. The molecule has 0 spiro atoms. The van der Waals surface area contributed by atoms with Crippen LogP contribution in [0.4, 0.5) is 19.3 Å². The molecular weight excluding hydrogens is 370 g/mol. The van der Waals surface area contributed by atoms with Crippen molar-refractivity contribution in [1.82, 2.24) is 4.40 Å². The van der Waals surface area contributed by atoms with E-state index in [-0.39, 0.29) is 22.9 Å². The Balaban J connectivity index is 2.05. The zero-order valence-electron chi connectivity index (χ0n) is 14.8. The molecule has 0 aliphatic heterocycles. The number of rotatable bonds is 3. The number of carbonyl (C=O) groups is 1. The molecule has 144 valence electrons. The quantitative estimate of drug-likeness (QED) is 0.523. The van der Waals surface area contributed by atoms with Gasteiger partial charge in [0.25, 0.3) is 5.56 Å². The fourth-order valence-corrected chi connectivity index (χ4v) is 3.54. The molecule has 1 aliphatic carbocycles. The molecule has 0 atom stereocenters. The van der Waals surface area contributed by atoms with Crippen LogP contribution < -0.4 is 16.0 Å². The number of aryl methyl sites for hydroxylation is 1. The summed E-state index contributed by atoms with van der Waals surface area (Å²) in [6.07, 6.45) is 1.09. The molecule has 4 rings (SSSR count). The van der Waals surface area contributed by atoms with Crippen LogP contribution in [0.25, 0.3) is 16.6 Å². The lowest BCUT2D eigenvalue weighted by atomic mass is 9.96. The first kappa shape index (κ1) is 18.0. The Morgan fingerprint density at radius 1 is 1.25 bits per heavy atom. The molecule has 3 aromatic rings. The Labute approximate surface area is 157 Å². The van der Waals surface area contributed by atoms with Gasteiger partial charge < -0.3 is 15.6 Å². The summed E-state index contributed by atoms with van der Waals surface area (Å²) in [6, 6.07) is 5.42. The van der Waals surface area contributed by atoms with E-state index in [9.17, 15) is 18.4 Å². The van der Waals surface area contributed by atoms with Crippen molar-refractivity contribution < 1.29 is 23.4 Å². The maximum atomic E-state index is 15.0. The molecule has 0 amide bonds. The largest absolute Gasteiger partial charge is 0.511 e. The van der Waals surface area contributed by atoms with Crippen LogP contribution in [0, 0.1) is 18.6 Å². The third-order valence-corrected chi connectivity index (χ3v) is 4.95.